The molecule has 4 aliphatic rings. The molecule has 0 saturated carbocycles. The van der Waals surface area contributed by atoms with E-state index in [-0.39, 0.29) is 23.8 Å². The number of amides is 2. The zero-order valence-electron chi connectivity index (χ0n) is 20.0. The summed E-state index contributed by atoms with van der Waals surface area (Å²) < 4.78 is 0. The number of carbonyl (C=O) groups is 2. The van der Waals surface area contributed by atoms with Crippen molar-refractivity contribution in [3.63, 3.8) is 0 Å². The van der Waals surface area contributed by atoms with Crippen LogP contribution in [-0.4, -0.2) is 77.9 Å². The molecule has 0 spiro atoms. The van der Waals surface area contributed by atoms with E-state index in [4.69, 9.17) is 0 Å². The van der Waals surface area contributed by atoms with Gasteiger partial charge in [0.15, 0.2) is 0 Å². The van der Waals surface area contributed by atoms with E-state index in [1.54, 1.807) is 0 Å². The van der Waals surface area contributed by atoms with Gasteiger partial charge in [-0.15, -0.1) is 0 Å². The summed E-state index contributed by atoms with van der Waals surface area (Å²) in [5.41, 5.74) is 9.34. The molecule has 3 unspecified atom stereocenters. The van der Waals surface area contributed by atoms with Crippen LogP contribution in [0.3, 0.4) is 0 Å². The second-order valence-corrected chi connectivity index (χ2v) is 10.5. The highest BCUT2D eigenvalue weighted by Crippen LogP contribution is 2.29. The Balaban J connectivity index is 1.14. The number of hydrazine groups is 1. The van der Waals surface area contributed by atoms with Crippen LogP contribution in [0.1, 0.15) is 50.2 Å². The number of nitrogens with zero attached hydrogens (tertiary/aromatic N) is 3. The van der Waals surface area contributed by atoms with Gasteiger partial charge in [-0.25, -0.2) is 0 Å². The molecule has 1 aromatic carbocycles. The lowest BCUT2D eigenvalue weighted by molar-refractivity contribution is -0.138. The third-order valence-electron chi connectivity index (χ3n) is 8.46. The number of piperidine rings is 2. The van der Waals surface area contributed by atoms with Crippen molar-refractivity contribution in [1.29, 1.82) is 0 Å². The van der Waals surface area contributed by atoms with Gasteiger partial charge in [-0.2, -0.15) is 0 Å². The van der Waals surface area contributed by atoms with E-state index in [1.165, 1.54) is 30.4 Å². The van der Waals surface area contributed by atoms with Crippen LogP contribution in [0.5, 0.6) is 0 Å². The fraction of sp³-hybridized carbons (Fsp3) is 0.692. The number of rotatable bonds is 4. The summed E-state index contributed by atoms with van der Waals surface area (Å²) in [5, 5.41) is 0. The predicted octanol–water partition coefficient (Wildman–Crippen LogP) is 1.78. The van der Waals surface area contributed by atoms with Crippen LogP contribution in [-0.2, 0) is 22.6 Å². The third-order valence-corrected chi connectivity index (χ3v) is 8.46. The topological polar surface area (TPSA) is 67.9 Å². The Bertz CT molecular complexity index is 853. The molecule has 2 amide bonds. The quantitative estimate of drug-likeness (QED) is 0.728. The summed E-state index contributed by atoms with van der Waals surface area (Å²) in [7, 11) is 0. The fourth-order valence-corrected chi connectivity index (χ4v) is 6.29. The molecule has 7 nitrogen and oxygen atoms in total. The SMILES string of the molecule is CC1CCCCN1CC(=O)N1CCC(C2NNCC2C(=O)N2CCc3ccccc3C2)CC1. The molecular formula is C26H39N5O2. The van der Waals surface area contributed by atoms with Crippen LogP contribution >= 0.6 is 0 Å². The van der Waals surface area contributed by atoms with Gasteiger partial charge in [0.1, 0.15) is 0 Å². The fourth-order valence-electron chi connectivity index (χ4n) is 6.29. The summed E-state index contributed by atoms with van der Waals surface area (Å²) in [6, 6.07) is 9.14. The maximum absolute atomic E-state index is 13.5. The summed E-state index contributed by atoms with van der Waals surface area (Å²) in [6.45, 7) is 7.69. The summed E-state index contributed by atoms with van der Waals surface area (Å²) >= 11 is 0. The monoisotopic (exact) mass is 453 g/mol. The average Bonchev–Trinajstić information content (AvgIpc) is 3.35. The first-order valence-corrected chi connectivity index (χ1v) is 13.0. The van der Waals surface area contributed by atoms with E-state index >= 15 is 0 Å². The van der Waals surface area contributed by atoms with Crippen molar-refractivity contribution in [3.05, 3.63) is 35.4 Å². The van der Waals surface area contributed by atoms with Crippen molar-refractivity contribution in [3.8, 4) is 0 Å². The third kappa shape index (κ3) is 4.96. The first-order valence-electron chi connectivity index (χ1n) is 13.0. The zero-order chi connectivity index (χ0) is 22.8. The standard InChI is InChI=1S/C26H39N5O2/c1-19-6-4-5-12-30(19)18-24(32)29-13-10-21(11-14-29)25-23(16-27-28-25)26(33)31-15-9-20-7-2-3-8-22(20)17-31/h2-3,7-8,19,21,23,25,27-28H,4-6,9-18H2,1H3. The lowest BCUT2D eigenvalue weighted by atomic mass is 9.82. The maximum Gasteiger partial charge on any atom is 0.236 e. The molecule has 4 heterocycles. The van der Waals surface area contributed by atoms with E-state index in [2.05, 4.69) is 51.8 Å². The van der Waals surface area contributed by atoms with E-state index in [1.807, 2.05) is 4.90 Å². The van der Waals surface area contributed by atoms with E-state index < -0.39 is 0 Å². The average molecular weight is 454 g/mol. The van der Waals surface area contributed by atoms with Gasteiger partial charge in [0.05, 0.1) is 12.5 Å². The zero-order valence-corrected chi connectivity index (χ0v) is 20.0. The molecule has 0 aliphatic carbocycles. The smallest absolute Gasteiger partial charge is 0.236 e. The molecule has 3 atom stereocenters. The minimum atomic E-state index is -0.0308. The lowest BCUT2D eigenvalue weighted by Gasteiger charge is -2.39. The normalized spacial score (nSPS) is 29.2. The Kier molecular flexibility index (Phi) is 6.99. The maximum atomic E-state index is 13.5. The Labute approximate surface area is 197 Å². The molecule has 1 aromatic rings. The molecule has 7 heteroatoms. The number of hydrogen-bond acceptors (Lipinski definition) is 5. The molecular weight excluding hydrogens is 414 g/mol. The summed E-state index contributed by atoms with van der Waals surface area (Å²) in [4.78, 5) is 32.8. The number of likely N-dealkylation sites (tertiary alicyclic amines) is 2. The second-order valence-electron chi connectivity index (χ2n) is 10.5. The van der Waals surface area contributed by atoms with Gasteiger partial charge in [0.25, 0.3) is 0 Å². The van der Waals surface area contributed by atoms with Crippen LogP contribution in [0.2, 0.25) is 0 Å². The molecule has 3 fully saturated rings. The molecule has 4 aliphatic heterocycles. The Hall–Kier alpha value is -1.96. The van der Waals surface area contributed by atoms with Crippen LogP contribution in [0.4, 0.5) is 0 Å². The van der Waals surface area contributed by atoms with Gasteiger partial charge in [-0.05, 0) is 62.6 Å². The minimum Gasteiger partial charge on any atom is -0.342 e. The van der Waals surface area contributed by atoms with Crippen LogP contribution in [0, 0.1) is 11.8 Å². The van der Waals surface area contributed by atoms with Gasteiger partial charge in [0.2, 0.25) is 11.8 Å². The molecule has 0 aromatic heterocycles. The van der Waals surface area contributed by atoms with Crippen LogP contribution < -0.4 is 10.9 Å². The van der Waals surface area contributed by atoms with Crippen LogP contribution in [0.25, 0.3) is 0 Å². The van der Waals surface area contributed by atoms with Gasteiger partial charge >= 0.3 is 0 Å². The molecule has 3 saturated heterocycles. The van der Waals surface area contributed by atoms with Crippen molar-refractivity contribution in [1.82, 2.24) is 25.6 Å². The number of benzene rings is 1. The highest BCUT2D eigenvalue weighted by Gasteiger charge is 2.41. The van der Waals surface area contributed by atoms with Crippen molar-refractivity contribution in [2.45, 2.75) is 64.1 Å². The van der Waals surface area contributed by atoms with Crippen molar-refractivity contribution < 1.29 is 9.59 Å². The van der Waals surface area contributed by atoms with E-state index in [0.717, 1.165) is 52.0 Å². The molecule has 0 radical (unpaired) electrons. The van der Waals surface area contributed by atoms with Gasteiger partial charge < -0.3 is 9.80 Å². The number of hydrogen-bond donors (Lipinski definition) is 2. The summed E-state index contributed by atoms with van der Waals surface area (Å²) in [6.07, 6.45) is 6.56. The van der Waals surface area contributed by atoms with E-state index in [0.29, 0.717) is 25.0 Å². The first-order chi connectivity index (χ1) is 16.1. The molecule has 0 bridgehead atoms. The van der Waals surface area contributed by atoms with Crippen molar-refractivity contribution in [2.75, 3.05) is 39.3 Å². The minimum absolute atomic E-state index is 0.0308. The Morgan fingerprint density at radius 1 is 0.970 bits per heavy atom. The van der Waals surface area contributed by atoms with Crippen molar-refractivity contribution >= 4 is 11.8 Å². The first kappa shape index (κ1) is 22.8. The molecule has 180 valence electrons. The molecule has 33 heavy (non-hydrogen) atoms. The highest BCUT2D eigenvalue weighted by molar-refractivity contribution is 5.81. The summed E-state index contributed by atoms with van der Waals surface area (Å²) in [5.74, 6) is 0.935. The molecule has 5 rings (SSSR count). The number of nitrogens with one attached hydrogen (secondary N) is 2. The number of fused-ring (bicyclic) bond motifs is 1. The van der Waals surface area contributed by atoms with Crippen molar-refractivity contribution in [2.24, 2.45) is 11.8 Å². The number of carbonyl (C=O) groups excluding carboxylic acids is 2. The predicted molar refractivity (Wildman–Crippen MR) is 128 cm³/mol. The molecule has 2 N–H and O–H groups in total. The highest BCUT2D eigenvalue weighted by atomic mass is 16.2. The van der Waals surface area contributed by atoms with Gasteiger partial charge in [0, 0.05) is 44.8 Å². The largest absolute Gasteiger partial charge is 0.342 e. The van der Waals surface area contributed by atoms with Crippen LogP contribution in [0.15, 0.2) is 24.3 Å². The van der Waals surface area contributed by atoms with Gasteiger partial charge in [-0.3, -0.25) is 25.3 Å². The van der Waals surface area contributed by atoms with Gasteiger partial charge in [-0.1, -0.05) is 30.7 Å². The van der Waals surface area contributed by atoms with E-state index in [9.17, 15) is 9.59 Å². The Morgan fingerprint density at radius 3 is 2.55 bits per heavy atom. The lowest BCUT2D eigenvalue weighted by Crippen LogP contribution is -2.51. The second kappa shape index (κ2) is 10.1. The Morgan fingerprint density at radius 2 is 1.76 bits per heavy atom.